The van der Waals surface area contributed by atoms with Gasteiger partial charge in [0.1, 0.15) is 0 Å². The molecule has 0 saturated carbocycles. The van der Waals surface area contributed by atoms with Crippen molar-refractivity contribution < 1.29 is 0 Å². The monoisotopic (exact) mass is 237 g/mol. The maximum atomic E-state index is 3.19. The van der Waals surface area contributed by atoms with Gasteiger partial charge in [0.15, 0.2) is 0 Å². The van der Waals surface area contributed by atoms with Crippen LogP contribution in [0.3, 0.4) is 0 Å². The van der Waals surface area contributed by atoms with Crippen LogP contribution in [0.25, 0.3) is 0 Å². The van der Waals surface area contributed by atoms with Crippen molar-refractivity contribution in [1.29, 1.82) is 0 Å². The van der Waals surface area contributed by atoms with Crippen LogP contribution in [0, 0.1) is 5.92 Å². The molecule has 0 spiro atoms. The highest BCUT2D eigenvalue weighted by atomic mass is 32.2. The molecule has 0 aliphatic carbocycles. The summed E-state index contributed by atoms with van der Waals surface area (Å²) in [5.74, 6) is 2.11. The first-order valence-corrected chi connectivity index (χ1v) is 7.15. The van der Waals surface area contributed by atoms with E-state index in [1.54, 1.807) is 0 Å². The van der Waals surface area contributed by atoms with Crippen molar-refractivity contribution in [2.75, 3.05) is 12.8 Å². The highest BCUT2D eigenvalue weighted by Gasteiger charge is 2.04. The minimum atomic E-state index is 0.859. The van der Waals surface area contributed by atoms with E-state index in [9.17, 15) is 0 Å². The van der Waals surface area contributed by atoms with E-state index in [1.807, 2.05) is 18.8 Å². The lowest BCUT2D eigenvalue weighted by Gasteiger charge is -2.11. The molecule has 0 aliphatic heterocycles. The molecule has 0 heterocycles. The van der Waals surface area contributed by atoms with Gasteiger partial charge in [0.25, 0.3) is 0 Å². The quantitative estimate of drug-likeness (QED) is 0.721. The summed E-state index contributed by atoms with van der Waals surface area (Å²) in [6, 6.07) is 8.84. The fourth-order valence-corrected chi connectivity index (χ4v) is 3.00. The molecule has 1 aromatic rings. The number of hydrogen-bond acceptors (Lipinski definition) is 2. The fraction of sp³-hybridized carbons (Fsp3) is 0.571. The first-order valence-electron chi connectivity index (χ1n) is 6.16. The lowest BCUT2D eigenvalue weighted by molar-refractivity contribution is 0.554. The van der Waals surface area contributed by atoms with Gasteiger partial charge in [-0.3, -0.25) is 0 Å². The van der Waals surface area contributed by atoms with Gasteiger partial charge in [-0.1, -0.05) is 38.8 Å². The van der Waals surface area contributed by atoms with Crippen molar-refractivity contribution in [2.45, 2.75) is 38.1 Å². The summed E-state index contributed by atoms with van der Waals surface area (Å²) in [6.45, 7) is 5.53. The number of thioether (sulfide) groups is 1. The average molecular weight is 237 g/mol. The van der Waals surface area contributed by atoms with E-state index < -0.39 is 0 Å². The van der Waals surface area contributed by atoms with Crippen molar-refractivity contribution in [3.63, 3.8) is 0 Å². The minimum absolute atomic E-state index is 0.859. The van der Waals surface area contributed by atoms with E-state index in [4.69, 9.17) is 0 Å². The van der Waals surface area contributed by atoms with Crippen molar-refractivity contribution in [2.24, 2.45) is 5.92 Å². The van der Waals surface area contributed by atoms with Gasteiger partial charge in [0.05, 0.1) is 0 Å². The Morgan fingerprint density at radius 3 is 2.62 bits per heavy atom. The summed E-state index contributed by atoms with van der Waals surface area (Å²) in [5.41, 5.74) is 1.37. The Morgan fingerprint density at radius 2 is 2.00 bits per heavy atom. The molecule has 0 aromatic heterocycles. The van der Waals surface area contributed by atoms with Gasteiger partial charge in [-0.25, -0.2) is 0 Å². The van der Waals surface area contributed by atoms with Crippen LogP contribution in [0.2, 0.25) is 0 Å². The van der Waals surface area contributed by atoms with Crippen LogP contribution in [0.5, 0.6) is 0 Å². The minimum Gasteiger partial charge on any atom is -0.316 e. The molecule has 1 aromatic carbocycles. The van der Waals surface area contributed by atoms with Gasteiger partial charge in [0, 0.05) is 17.2 Å². The van der Waals surface area contributed by atoms with E-state index >= 15 is 0 Å². The van der Waals surface area contributed by atoms with Crippen LogP contribution in [0.4, 0.5) is 0 Å². The molecule has 0 unspecified atom stereocenters. The first-order chi connectivity index (χ1) is 7.80. The zero-order valence-corrected chi connectivity index (χ0v) is 11.4. The van der Waals surface area contributed by atoms with E-state index in [2.05, 4.69) is 43.4 Å². The van der Waals surface area contributed by atoms with Crippen molar-refractivity contribution in [3.8, 4) is 0 Å². The molecule has 1 N–H and O–H groups in total. The molecule has 0 fully saturated rings. The SMILES string of the molecule is CCC(CC)CSc1cccc(CNC)c1. The molecule has 1 rings (SSSR count). The zero-order valence-electron chi connectivity index (χ0n) is 10.6. The number of benzene rings is 1. The fourth-order valence-electron chi connectivity index (χ4n) is 1.69. The summed E-state index contributed by atoms with van der Waals surface area (Å²) in [5, 5.41) is 3.19. The number of nitrogens with one attached hydrogen (secondary N) is 1. The van der Waals surface area contributed by atoms with E-state index in [0.717, 1.165) is 12.5 Å². The van der Waals surface area contributed by atoms with Crippen molar-refractivity contribution >= 4 is 11.8 Å². The molecule has 2 heteroatoms. The van der Waals surface area contributed by atoms with Crippen LogP contribution in [0.1, 0.15) is 32.3 Å². The van der Waals surface area contributed by atoms with Crippen LogP contribution >= 0.6 is 11.8 Å². The van der Waals surface area contributed by atoms with Gasteiger partial charge in [-0.2, -0.15) is 0 Å². The summed E-state index contributed by atoms with van der Waals surface area (Å²) >= 11 is 1.99. The lowest BCUT2D eigenvalue weighted by Crippen LogP contribution is -2.05. The Morgan fingerprint density at radius 1 is 1.25 bits per heavy atom. The Hall–Kier alpha value is -0.470. The van der Waals surface area contributed by atoms with Crippen molar-refractivity contribution in [1.82, 2.24) is 5.32 Å². The molecule has 0 aliphatic rings. The summed E-state index contributed by atoms with van der Waals surface area (Å²) in [4.78, 5) is 1.40. The van der Waals surface area contributed by atoms with Gasteiger partial charge >= 0.3 is 0 Å². The predicted octanol–water partition coefficient (Wildman–Crippen LogP) is 3.93. The second-order valence-corrected chi connectivity index (χ2v) is 5.26. The number of rotatable bonds is 7. The smallest absolute Gasteiger partial charge is 0.0202 e. The van der Waals surface area contributed by atoms with Gasteiger partial charge in [-0.15, -0.1) is 11.8 Å². The summed E-state index contributed by atoms with van der Waals surface area (Å²) < 4.78 is 0. The molecular weight excluding hydrogens is 214 g/mol. The first kappa shape index (κ1) is 13.6. The summed E-state index contributed by atoms with van der Waals surface area (Å²) in [6.07, 6.45) is 2.58. The molecule has 0 amide bonds. The van der Waals surface area contributed by atoms with E-state index in [1.165, 1.54) is 29.1 Å². The normalized spacial score (nSPS) is 11.0. The zero-order chi connectivity index (χ0) is 11.8. The Balaban J connectivity index is 2.49. The largest absolute Gasteiger partial charge is 0.316 e. The van der Waals surface area contributed by atoms with Crippen LogP contribution in [-0.2, 0) is 6.54 Å². The van der Waals surface area contributed by atoms with Crippen LogP contribution < -0.4 is 5.32 Å². The lowest BCUT2D eigenvalue weighted by atomic mass is 10.1. The van der Waals surface area contributed by atoms with Gasteiger partial charge in [-0.05, 0) is 30.7 Å². The Bertz CT molecular complexity index is 295. The standard InChI is InChI=1S/C14H23NS/c1-4-12(5-2)11-16-14-8-6-7-13(9-14)10-15-3/h6-9,12,15H,4-5,10-11H2,1-3H3. The Labute approximate surface area is 104 Å². The molecule has 90 valence electrons. The molecule has 0 saturated heterocycles. The maximum absolute atomic E-state index is 3.19. The summed E-state index contributed by atoms with van der Waals surface area (Å²) in [7, 11) is 1.99. The highest BCUT2D eigenvalue weighted by molar-refractivity contribution is 7.99. The average Bonchev–Trinajstić information content (AvgIpc) is 2.31. The van der Waals surface area contributed by atoms with Gasteiger partial charge in [0.2, 0.25) is 0 Å². The molecule has 0 bridgehead atoms. The van der Waals surface area contributed by atoms with E-state index in [0.29, 0.717) is 0 Å². The third kappa shape index (κ3) is 4.58. The molecule has 0 atom stereocenters. The third-order valence-electron chi connectivity index (χ3n) is 2.92. The molecule has 1 nitrogen and oxygen atoms in total. The molecule has 0 radical (unpaired) electrons. The van der Waals surface area contributed by atoms with Crippen LogP contribution in [0.15, 0.2) is 29.2 Å². The predicted molar refractivity (Wildman–Crippen MR) is 74.0 cm³/mol. The number of hydrogen-bond donors (Lipinski definition) is 1. The third-order valence-corrected chi connectivity index (χ3v) is 4.15. The van der Waals surface area contributed by atoms with E-state index in [-0.39, 0.29) is 0 Å². The topological polar surface area (TPSA) is 12.0 Å². The van der Waals surface area contributed by atoms with Crippen molar-refractivity contribution in [3.05, 3.63) is 29.8 Å². The maximum Gasteiger partial charge on any atom is 0.0202 e. The highest BCUT2D eigenvalue weighted by Crippen LogP contribution is 2.24. The van der Waals surface area contributed by atoms with Crippen LogP contribution in [-0.4, -0.2) is 12.8 Å². The van der Waals surface area contributed by atoms with Gasteiger partial charge < -0.3 is 5.32 Å². The second kappa shape index (κ2) is 7.75. The molecule has 16 heavy (non-hydrogen) atoms. The molecular formula is C14H23NS. The Kier molecular flexibility index (Phi) is 6.58. The second-order valence-electron chi connectivity index (χ2n) is 4.17.